The zero-order valence-corrected chi connectivity index (χ0v) is 40.6. The monoisotopic (exact) mass is 970 g/mol. The highest BCUT2D eigenvalue weighted by Gasteiger charge is 2.48. The SMILES string of the molecule is Cc1ccc(-c2cccc3c2-c2ccccc2C3(c2ccc(C)cc2)c2ccc(Cc3cc(C4=CC=IC=C4)cc4c3-c3ccccc3C4(c3ccc(C)cc3)c3ccc(C)cc3)cc2)cc1. The van der Waals surface area contributed by atoms with Crippen molar-refractivity contribution in [3.05, 3.63) is 300 Å². The average Bonchev–Trinajstić information content (AvgIpc) is 3.84. The van der Waals surface area contributed by atoms with Gasteiger partial charge in [0.05, 0.1) is 10.8 Å². The fraction of sp³-hybridized carbons (Fsp3) is 0.106. The summed E-state index contributed by atoms with van der Waals surface area (Å²) in [5.74, 6) is 0. The summed E-state index contributed by atoms with van der Waals surface area (Å²) in [6, 6.07) is 77.0. The lowest BCUT2D eigenvalue weighted by molar-refractivity contribution is 0.766. The first-order chi connectivity index (χ1) is 32.8. The summed E-state index contributed by atoms with van der Waals surface area (Å²) in [5, 5.41) is 0. The number of benzene rings is 9. The summed E-state index contributed by atoms with van der Waals surface area (Å²) in [6.07, 6.45) is 5.53. The highest BCUT2D eigenvalue weighted by atomic mass is 127. The Hall–Kier alpha value is -6.94. The molecule has 0 radical (unpaired) electrons. The molecule has 1 aliphatic heterocycles. The van der Waals surface area contributed by atoms with Crippen molar-refractivity contribution < 1.29 is 0 Å². The quantitative estimate of drug-likeness (QED) is 0.133. The molecule has 0 aromatic heterocycles. The lowest BCUT2D eigenvalue weighted by Gasteiger charge is -2.34. The van der Waals surface area contributed by atoms with Crippen LogP contribution < -0.4 is 0 Å². The Bertz CT molecular complexity index is 3430. The second-order valence-electron chi connectivity index (χ2n) is 18.9. The minimum atomic E-state index is -0.500. The Kier molecular flexibility index (Phi) is 10.2. The van der Waals surface area contributed by atoms with Crippen LogP contribution >= 0.6 is 20.7 Å². The number of halogens is 1. The number of allylic oxidation sites excluding steroid dienone is 3. The van der Waals surface area contributed by atoms with Gasteiger partial charge in [-0.05, 0) is 161 Å². The van der Waals surface area contributed by atoms with E-state index >= 15 is 0 Å². The maximum Gasteiger partial charge on any atom is 0.0713 e. The van der Waals surface area contributed by atoms with Crippen LogP contribution in [0.15, 0.2) is 216 Å². The van der Waals surface area contributed by atoms with Gasteiger partial charge in [0.15, 0.2) is 0 Å². The molecule has 0 bridgehead atoms. The molecule has 0 saturated carbocycles. The number of hydrogen-bond donors (Lipinski definition) is 0. The van der Waals surface area contributed by atoms with Crippen molar-refractivity contribution in [1.29, 1.82) is 0 Å². The van der Waals surface area contributed by atoms with Crippen LogP contribution in [0.1, 0.15) is 83.5 Å². The van der Waals surface area contributed by atoms with Gasteiger partial charge in [-0.1, -0.05) is 237 Å². The Morgan fingerprint density at radius 2 is 0.851 bits per heavy atom. The molecule has 0 amide bonds. The molecule has 0 saturated heterocycles. The van der Waals surface area contributed by atoms with Gasteiger partial charge in [-0.2, -0.15) is 0 Å². The molecule has 9 aromatic carbocycles. The molecule has 9 aromatic rings. The molecular weight excluding hydrogens is 920 g/mol. The highest BCUT2D eigenvalue weighted by molar-refractivity contribution is 14.2. The Balaban J connectivity index is 1.06. The van der Waals surface area contributed by atoms with Gasteiger partial charge in [0.25, 0.3) is 0 Å². The number of aryl methyl sites for hydroxylation is 4. The van der Waals surface area contributed by atoms with E-state index in [0.717, 1.165) is 6.42 Å². The zero-order valence-electron chi connectivity index (χ0n) is 38.4. The molecule has 0 spiro atoms. The molecular formula is C66H51I. The molecule has 3 aliphatic rings. The fourth-order valence-electron chi connectivity index (χ4n) is 11.7. The van der Waals surface area contributed by atoms with Crippen LogP contribution in [-0.4, -0.2) is 4.01 Å². The van der Waals surface area contributed by atoms with E-state index in [1.54, 1.807) is 0 Å². The molecule has 1 unspecified atom stereocenters. The summed E-state index contributed by atoms with van der Waals surface area (Å²) in [6.45, 7) is 8.74. The van der Waals surface area contributed by atoms with E-state index in [0.29, 0.717) is 0 Å². The predicted molar refractivity (Wildman–Crippen MR) is 292 cm³/mol. The molecule has 12 rings (SSSR count). The van der Waals surface area contributed by atoms with Gasteiger partial charge in [-0.3, -0.25) is 0 Å². The topological polar surface area (TPSA) is 0 Å². The van der Waals surface area contributed by atoms with Gasteiger partial charge in [0.2, 0.25) is 0 Å². The molecule has 0 nitrogen and oxygen atoms in total. The van der Waals surface area contributed by atoms with Crippen LogP contribution in [0.4, 0.5) is 0 Å². The molecule has 2 aliphatic carbocycles. The van der Waals surface area contributed by atoms with Crippen LogP contribution in [0, 0.1) is 27.7 Å². The average molecular weight is 971 g/mol. The van der Waals surface area contributed by atoms with E-state index in [4.69, 9.17) is 0 Å². The summed E-state index contributed by atoms with van der Waals surface area (Å²) >= 11 is -0.0574. The van der Waals surface area contributed by atoms with Gasteiger partial charge in [0.1, 0.15) is 0 Å². The maximum absolute atomic E-state index is 2.53. The molecule has 67 heavy (non-hydrogen) atoms. The Morgan fingerprint density at radius 3 is 1.39 bits per heavy atom. The lowest BCUT2D eigenvalue weighted by Crippen LogP contribution is -2.29. The van der Waals surface area contributed by atoms with Crippen LogP contribution in [0.5, 0.6) is 0 Å². The van der Waals surface area contributed by atoms with Gasteiger partial charge in [-0.25, -0.2) is 0 Å². The van der Waals surface area contributed by atoms with Crippen molar-refractivity contribution in [2.45, 2.75) is 44.9 Å². The van der Waals surface area contributed by atoms with E-state index < -0.39 is 10.8 Å². The van der Waals surface area contributed by atoms with E-state index in [1.165, 1.54) is 122 Å². The molecule has 322 valence electrons. The minimum absolute atomic E-state index is 0.0574. The van der Waals surface area contributed by atoms with Crippen molar-refractivity contribution in [2.75, 3.05) is 0 Å². The van der Waals surface area contributed by atoms with Gasteiger partial charge >= 0.3 is 0 Å². The van der Waals surface area contributed by atoms with Crippen molar-refractivity contribution in [1.82, 2.24) is 0 Å². The Labute approximate surface area is 405 Å². The normalized spacial score (nSPS) is 16.1. The number of fused-ring (bicyclic) bond motifs is 6. The van der Waals surface area contributed by atoms with E-state index in [-0.39, 0.29) is 20.7 Å². The third-order valence-electron chi connectivity index (χ3n) is 14.9. The van der Waals surface area contributed by atoms with Crippen LogP contribution in [-0.2, 0) is 17.3 Å². The smallest absolute Gasteiger partial charge is 0.0713 e. The first-order valence-corrected chi connectivity index (χ1v) is 26.0. The third kappa shape index (κ3) is 6.57. The molecule has 1 heteroatoms. The molecule has 0 N–H and O–H groups in total. The lowest BCUT2D eigenvalue weighted by atomic mass is 9.67. The van der Waals surface area contributed by atoms with Crippen LogP contribution in [0.25, 0.3) is 39.0 Å². The minimum Gasteiger partial charge on any atom is -0.0937 e. The summed E-state index contributed by atoms with van der Waals surface area (Å²) in [4.78, 5) is 0. The van der Waals surface area contributed by atoms with Crippen molar-refractivity contribution in [3.8, 4) is 33.4 Å². The molecule has 1 heterocycles. The summed E-state index contributed by atoms with van der Waals surface area (Å²) in [5.41, 5.74) is 27.7. The van der Waals surface area contributed by atoms with Crippen LogP contribution in [0.2, 0.25) is 0 Å². The largest absolute Gasteiger partial charge is 0.0937 e. The van der Waals surface area contributed by atoms with Crippen molar-refractivity contribution in [2.24, 2.45) is 0 Å². The number of hydrogen-bond acceptors (Lipinski definition) is 0. The summed E-state index contributed by atoms with van der Waals surface area (Å²) < 4.78 is 4.80. The fourth-order valence-corrected chi connectivity index (χ4v) is 13.1. The number of rotatable bonds is 8. The summed E-state index contributed by atoms with van der Waals surface area (Å²) in [7, 11) is 0. The molecule has 0 fully saturated rings. The van der Waals surface area contributed by atoms with Gasteiger partial charge in [-0.15, -0.1) is 0 Å². The van der Waals surface area contributed by atoms with Gasteiger partial charge < -0.3 is 0 Å². The highest BCUT2D eigenvalue weighted by Crippen LogP contribution is 2.60. The van der Waals surface area contributed by atoms with E-state index in [9.17, 15) is 0 Å². The van der Waals surface area contributed by atoms with Crippen LogP contribution in [0.3, 0.4) is 0 Å². The standard InChI is InChI=1S/C66H51I/c1-43-16-26-49(27-17-43)56-12-9-15-61-64(56)58-11-6-8-14-60(58)65(61,52-28-18-44(2)19-29-52)55-34-24-47(25-35-55)40-51-41-50(48-36-38-67-39-37-48)42-62-63(51)57-10-5-7-13-59(57)66(62,53-30-20-45(3)21-31-53)54-32-22-46(4)23-33-54/h5-39,41-42H,40H2,1-4H3. The first kappa shape index (κ1) is 41.5. The van der Waals surface area contributed by atoms with Crippen molar-refractivity contribution >= 4 is 30.3 Å². The van der Waals surface area contributed by atoms with E-state index in [2.05, 4.69) is 248 Å². The Morgan fingerprint density at radius 1 is 0.388 bits per heavy atom. The second-order valence-corrected chi connectivity index (χ2v) is 21.0. The van der Waals surface area contributed by atoms with Crippen molar-refractivity contribution in [3.63, 3.8) is 0 Å². The van der Waals surface area contributed by atoms with E-state index in [1.807, 2.05) is 0 Å². The van der Waals surface area contributed by atoms with Gasteiger partial charge in [0, 0.05) is 0 Å². The zero-order chi connectivity index (χ0) is 45.3. The third-order valence-corrected chi connectivity index (χ3v) is 16.4. The molecule has 1 atom stereocenters. The second kappa shape index (κ2) is 16.4. The predicted octanol–water partition coefficient (Wildman–Crippen LogP) is 16.6. The first-order valence-electron chi connectivity index (χ1n) is 23.5. The maximum atomic E-state index is 2.53.